The van der Waals surface area contributed by atoms with Gasteiger partial charge in [0.05, 0.1) is 8.07 Å². The molecule has 1 radical (unpaired) electrons. The first-order valence-electron chi connectivity index (χ1n) is 17.4. The van der Waals surface area contributed by atoms with Crippen molar-refractivity contribution in [2.45, 2.75) is 60.0 Å². The van der Waals surface area contributed by atoms with E-state index in [0.717, 1.165) is 5.19 Å². The number of aryl methyl sites for hydroxylation is 1. The molecule has 0 aliphatic heterocycles. The smallest absolute Gasteiger partial charge is 0.0798 e. The molecule has 0 aliphatic rings. The van der Waals surface area contributed by atoms with Gasteiger partial charge in [0, 0.05) is 47.9 Å². The fourth-order valence-corrected chi connectivity index (χ4v) is 5.64. The van der Waals surface area contributed by atoms with Crippen LogP contribution in [0.3, 0.4) is 0 Å². The molecule has 0 unspecified atom stereocenters. The Morgan fingerprint density at radius 3 is 2.14 bits per heavy atom. The van der Waals surface area contributed by atoms with Crippen molar-refractivity contribution in [2.75, 3.05) is 0 Å². The molecule has 0 N–H and O–H groups in total. The van der Waals surface area contributed by atoms with Gasteiger partial charge in [0.25, 0.3) is 0 Å². The Morgan fingerprint density at radius 1 is 0.837 bits per heavy atom. The Kier molecular flexibility index (Phi) is 8.74. The molecule has 225 valence electrons. The SMILES string of the molecule is [2H]C([2H])([2H])c1cnc(-c2[c-]cccc2)cc1C([2H])([2H])c1ccccc1.[2H]C([2H])(c1cc(-c2[c-]cccc2F)ncc1[Si](C)(C)C)C(C)(C)C.[Ir]. The third-order valence-corrected chi connectivity index (χ3v) is 8.24. The average Bonchev–Trinajstić information content (AvgIpc) is 3.04. The predicted octanol–water partition coefficient (Wildman–Crippen LogP) is 9.27. The second kappa shape index (κ2) is 15.0. The molecule has 0 atom stereocenters. The molecule has 2 nitrogen and oxygen atoms in total. The van der Waals surface area contributed by atoms with E-state index in [0.29, 0.717) is 28.1 Å². The first-order valence-corrected chi connectivity index (χ1v) is 17.4. The van der Waals surface area contributed by atoms with Gasteiger partial charge in [-0.3, -0.25) is 4.39 Å². The van der Waals surface area contributed by atoms with E-state index < -0.39 is 38.9 Å². The van der Waals surface area contributed by atoms with Gasteiger partial charge in [-0.15, -0.1) is 60.2 Å². The molecule has 3 aromatic carbocycles. The largest absolute Gasteiger partial charge is 0.305 e. The van der Waals surface area contributed by atoms with E-state index in [1.54, 1.807) is 66.9 Å². The molecule has 0 saturated carbocycles. The van der Waals surface area contributed by atoms with Gasteiger partial charge < -0.3 is 9.97 Å². The molecule has 0 spiro atoms. The normalized spacial score (nSPS) is 14.6. The van der Waals surface area contributed by atoms with Crippen molar-refractivity contribution in [1.82, 2.24) is 9.97 Å². The van der Waals surface area contributed by atoms with Crippen molar-refractivity contribution in [3.05, 3.63) is 138 Å². The van der Waals surface area contributed by atoms with Gasteiger partial charge in [0.15, 0.2) is 0 Å². The summed E-state index contributed by atoms with van der Waals surface area (Å²) in [4.78, 5) is 8.65. The number of halogens is 1. The fourth-order valence-electron chi connectivity index (χ4n) is 4.25. The molecule has 2 aromatic heterocycles. The summed E-state index contributed by atoms with van der Waals surface area (Å²) >= 11 is 0. The quantitative estimate of drug-likeness (QED) is 0.127. The summed E-state index contributed by atoms with van der Waals surface area (Å²) in [7, 11) is -1.81. The van der Waals surface area contributed by atoms with E-state index in [1.165, 1.54) is 18.3 Å². The van der Waals surface area contributed by atoms with Crippen LogP contribution >= 0.6 is 0 Å². The summed E-state index contributed by atoms with van der Waals surface area (Å²) in [5, 5.41) is 0.975. The summed E-state index contributed by atoms with van der Waals surface area (Å²) in [6.07, 6.45) is -0.525. The number of benzene rings is 3. The summed E-state index contributed by atoms with van der Waals surface area (Å²) in [5.41, 5.74) is 2.34. The molecule has 0 saturated heterocycles. The van der Waals surface area contributed by atoms with Gasteiger partial charge in [-0.1, -0.05) is 94.0 Å². The zero-order valence-electron chi connectivity index (χ0n) is 32.3. The average molecular weight is 772 g/mol. The maximum atomic E-state index is 14.1. The molecule has 5 heteroatoms. The minimum atomic E-state index is -2.45. The van der Waals surface area contributed by atoms with E-state index in [4.69, 9.17) is 9.60 Å². The van der Waals surface area contributed by atoms with Gasteiger partial charge in [-0.25, -0.2) is 0 Å². The maximum Gasteiger partial charge on any atom is 0.0798 e. The number of rotatable bonds is 6. The number of aromatic nitrogens is 2. The van der Waals surface area contributed by atoms with Crippen LogP contribution in [0.2, 0.25) is 19.6 Å². The van der Waals surface area contributed by atoms with Gasteiger partial charge in [0.1, 0.15) is 0 Å². The van der Waals surface area contributed by atoms with Crippen molar-refractivity contribution >= 4 is 13.3 Å². The van der Waals surface area contributed by atoms with Crippen LogP contribution in [0.4, 0.5) is 4.39 Å². The first kappa shape index (κ1) is 25.1. The Bertz CT molecular complexity index is 1890. The van der Waals surface area contributed by atoms with Crippen molar-refractivity contribution in [2.24, 2.45) is 5.41 Å². The minimum absolute atomic E-state index is 0. The third kappa shape index (κ3) is 9.89. The summed E-state index contributed by atoms with van der Waals surface area (Å²) < 4.78 is 71.9. The number of hydrogen-bond donors (Lipinski definition) is 0. The standard InChI is InChI=1S/C19H25FNSi.C19H16N.Ir/c1-19(2,3)12-14-11-17(15-9-7-8-10-16(15)20)21-13-18(14)22(4,5)6;1-15-14-20-19(17-10-6-3-7-11-17)13-18(15)12-16-8-4-2-5-9-16;/h7-8,10-11,13H,12H2,1-6H3;2-10,13-14H,12H2,1H3;/q2*-1;/i12D2;1D3,12D2;. The topological polar surface area (TPSA) is 25.8 Å². The fraction of sp³-hybridized carbons (Fsp3) is 0.263. The van der Waals surface area contributed by atoms with Gasteiger partial charge in [-0.05, 0) is 58.3 Å². The van der Waals surface area contributed by atoms with Crippen LogP contribution in [-0.2, 0) is 32.9 Å². The Hall–Kier alpha value is -3.24. The minimum Gasteiger partial charge on any atom is -0.305 e. The zero-order chi connectivity index (χ0) is 36.4. The van der Waals surface area contributed by atoms with Crippen molar-refractivity contribution in [1.29, 1.82) is 0 Å². The molecule has 0 amide bonds. The maximum absolute atomic E-state index is 14.1. The predicted molar refractivity (Wildman–Crippen MR) is 177 cm³/mol. The Labute approximate surface area is 282 Å². The van der Waals surface area contributed by atoms with Crippen LogP contribution in [0.15, 0.2) is 97.3 Å². The number of hydrogen-bond acceptors (Lipinski definition) is 2. The Balaban J connectivity index is 0.000000265. The van der Waals surface area contributed by atoms with Crippen LogP contribution < -0.4 is 5.19 Å². The van der Waals surface area contributed by atoms with Crippen LogP contribution in [0, 0.1) is 30.2 Å². The van der Waals surface area contributed by atoms with Crippen LogP contribution in [-0.4, -0.2) is 18.0 Å². The second-order valence-corrected chi connectivity index (χ2v) is 17.1. The third-order valence-electron chi connectivity index (χ3n) is 6.22. The van der Waals surface area contributed by atoms with Crippen LogP contribution in [0.25, 0.3) is 22.5 Å². The zero-order valence-corrected chi connectivity index (χ0v) is 28.7. The van der Waals surface area contributed by atoms with Crippen LogP contribution in [0.1, 0.15) is 52.6 Å². The summed E-state index contributed by atoms with van der Waals surface area (Å²) in [5.74, 6) is -0.395. The number of pyridine rings is 2. The van der Waals surface area contributed by atoms with Gasteiger partial charge in [0.2, 0.25) is 0 Å². The van der Waals surface area contributed by atoms with E-state index in [-0.39, 0.29) is 36.8 Å². The molecular weight excluding hydrogens is 724 g/mol. The van der Waals surface area contributed by atoms with Crippen LogP contribution in [0.5, 0.6) is 0 Å². The monoisotopic (exact) mass is 772 g/mol. The molecule has 2 heterocycles. The van der Waals surface area contributed by atoms with Crippen molar-refractivity contribution in [3.8, 4) is 22.5 Å². The summed E-state index contributed by atoms with van der Waals surface area (Å²) in [6.45, 7) is 9.70. The molecule has 5 rings (SSSR count). The van der Waals surface area contributed by atoms with Gasteiger partial charge in [-0.2, -0.15) is 0 Å². The van der Waals surface area contributed by atoms with E-state index in [2.05, 4.69) is 41.7 Å². The first-order chi connectivity index (χ1) is 22.7. The Morgan fingerprint density at radius 2 is 1.51 bits per heavy atom. The van der Waals surface area contributed by atoms with Gasteiger partial charge >= 0.3 is 0 Å². The van der Waals surface area contributed by atoms with E-state index in [1.807, 2.05) is 32.9 Å². The molecule has 43 heavy (non-hydrogen) atoms. The van der Waals surface area contributed by atoms with Crippen molar-refractivity contribution < 1.29 is 34.1 Å². The number of nitrogens with zero attached hydrogens (tertiary/aromatic N) is 2. The molecule has 0 bridgehead atoms. The molecule has 5 aromatic rings. The molecule has 0 fully saturated rings. The summed E-state index contributed by atoms with van der Waals surface area (Å²) in [6, 6.07) is 29.5. The molecular formula is C38H41FIrN2Si-2. The second-order valence-electron chi connectivity index (χ2n) is 12.0. The van der Waals surface area contributed by atoms with Crippen molar-refractivity contribution in [3.63, 3.8) is 0 Å². The van der Waals surface area contributed by atoms with E-state index in [9.17, 15) is 4.39 Å². The molecule has 0 aliphatic carbocycles. The van der Waals surface area contributed by atoms with E-state index >= 15 is 0 Å².